The quantitative estimate of drug-likeness (QED) is 0.566. The molecule has 0 fully saturated rings. The predicted octanol–water partition coefficient (Wildman–Crippen LogP) is 1.65. The molecule has 0 saturated carbocycles. The number of ether oxygens (including phenoxy) is 2. The first-order chi connectivity index (χ1) is 4.85. The van der Waals surface area contributed by atoms with Gasteiger partial charge in [0, 0.05) is 20.8 Å². The highest BCUT2D eigenvalue weighted by atomic mass is 16.5. The van der Waals surface area contributed by atoms with Gasteiger partial charge in [-0.1, -0.05) is 13.3 Å². The minimum absolute atomic E-state index is 0.331. The van der Waals surface area contributed by atoms with Crippen LogP contribution in [0.4, 0.5) is 0 Å². The number of hydrogen-bond acceptors (Lipinski definition) is 2. The zero-order valence-electron chi connectivity index (χ0n) is 6.93. The fourth-order valence-electron chi connectivity index (χ4n) is 0.857. The third-order valence-corrected chi connectivity index (χ3v) is 1.50. The van der Waals surface area contributed by atoms with Gasteiger partial charge < -0.3 is 9.47 Å². The summed E-state index contributed by atoms with van der Waals surface area (Å²) in [4.78, 5) is 0. The van der Waals surface area contributed by atoms with E-state index in [-0.39, 0.29) is 0 Å². The lowest BCUT2D eigenvalue weighted by molar-refractivity contribution is 0.0614. The van der Waals surface area contributed by atoms with Crippen molar-refractivity contribution in [1.29, 1.82) is 0 Å². The minimum Gasteiger partial charge on any atom is -0.385 e. The van der Waals surface area contributed by atoms with Crippen LogP contribution < -0.4 is 0 Å². The summed E-state index contributed by atoms with van der Waals surface area (Å²) in [5.74, 6) is 0. The fourth-order valence-corrected chi connectivity index (χ4v) is 0.857. The normalized spacial score (nSPS) is 13.5. The topological polar surface area (TPSA) is 18.5 Å². The monoisotopic (exact) mass is 145 g/mol. The first-order valence-corrected chi connectivity index (χ1v) is 3.66. The van der Waals surface area contributed by atoms with E-state index in [2.05, 4.69) is 6.92 Å². The highest BCUT2D eigenvalue weighted by Gasteiger charge is 2.03. The summed E-state index contributed by atoms with van der Waals surface area (Å²) in [6.45, 7) is 4.54. The number of hydrogen-bond donors (Lipinski definition) is 0. The molecule has 0 saturated heterocycles. The second-order valence-electron chi connectivity index (χ2n) is 2.28. The van der Waals surface area contributed by atoms with E-state index >= 15 is 0 Å². The molecule has 0 heterocycles. The van der Waals surface area contributed by atoms with E-state index in [1.807, 2.05) is 0 Å². The Hall–Kier alpha value is -0.0800. The molecule has 2 nitrogen and oxygen atoms in total. The van der Waals surface area contributed by atoms with E-state index in [0.717, 1.165) is 25.9 Å². The summed E-state index contributed by atoms with van der Waals surface area (Å²) < 4.78 is 10.1. The molecule has 0 aliphatic heterocycles. The Balaban J connectivity index is 3.21. The molecule has 0 N–H and O–H groups in total. The first kappa shape index (κ1) is 9.92. The molecule has 1 radical (unpaired) electrons. The zero-order valence-corrected chi connectivity index (χ0v) is 6.93. The van der Waals surface area contributed by atoms with Gasteiger partial charge in [0.2, 0.25) is 0 Å². The van der Waals surface area contributed by atoms with Gasteiger partial charge in [-0.05, 0) is 12.8 Å². The largest absolute Gasteiger partial charge is 0.385 e. The lowest BCUT2D eigenvalue weighted by Crippen LogP contribution is -2.12. The third kappa shape index (κ3) is 4.77. The molecule has 0 aromatic heterocycles. The van der Waals surface area contributed by atoms with Crippen molar-refractivity contribution < 1.29 is 9.47 Å². The molecule has 0 bridgehead atoms. The standard InChI is InChI=1S/C8H17O2/c1-4-5-8(10-3)6-7-9-2/h8H,1,4-7H2,2-3H3. The van der Waals surface area contributed by atoms with E-state index in [1.165, 1.54) is 0 Å². The van der Waals surface area contributed by atoms with E-state index in [9.17, 15) is 0 Å². The maximum Gasteiger partial charge on any atom is 0.0593 e. The molecule has 10 heavy (non-hydrogen) atoms. The molecule has 0 rings (SSSR count). The Kier molecular flexibility index (Phi) is 6.98. The van der Waals surface area contributed by atoms with E-state index in [1.54, 1.807) is 14.2 Å². The second kappa shape index (κ2) is 7.03. The van der Waals surface area contributed by atoms with Crippen LogP contribution in [-0.2, 0) is 9.47 Å². The average molecular weight is 145 g/mol. The molecule has 0 spiro atoms. The minimum atomic E-state index is 0.331. The van der Waals surface area contributed by atoms with Gasteiger partial charge in [0.05, 0.1) is 6.10 Å². The lowest BCUT2D eigenvalue weighted by Gasteiger charge is -2.12. The van der Waals surface area contributed by atoms with Crippen molar-refractivity contribution in [1.82, 2.24) is 0 Å². The van der Waals surface area contributed by atoms with Crippen molar-refractivity contribution >= 4 is 0 Å². The van der Waals surface area contributed by atoms with Crippen LogP contribution in [0, 0.1) is 6.92 Å². The molecule has 0 amide bonds. The SMILES string of the molecule is [CH2]CCC(CCOC)OC. The summed E-state index contributed by atoms with van der Waals surface area (Å²) in [6, 6.07) is 0. The van der Waals surface area contributed by atoms with Crippen LogP contribution in [0.3, 0.4) is 0 Å². The Labute approximate surface area is 63.5 Å². The summed E-state index contributed by atoms with van der Waals surface area (Å²) in [7, 11) is 3.44. The molecular weight excluding hydrogens is 128 g/mol. The molecule has 0 aliphatic carbocycles. The van der Waals surface area contributed by atoms with Crippen molar-refractivity contribution in [3.8, 4) is 0 Å². The molecule has 0 aliphatic rings. The molecule has 2 heteroatoms. The molecular formula is C8H17O2. The number of methoxy groups -OCH3 is 2. The molecule has 0 aromatic rings. The Morgan fingerprint density at radius 2 is 2.00 bits per heavy atom. The Bertz CT molecular complexity index is 64.3. The van der Waals surface area contributed by atoms with Gasteiger partial charge in [-0.15, -0.1) is 0 Å². The average Bonchev–Trinajstić information content (AvgIpc) is 1.98. The van der Waals surface area contributed by atoms with Crippen LogP contribution in [0.1, 0.15) is 19.3 Å². The summed E-state index contributed by atoms with van der Waals surface area (Å²) in [5.41, 5.74) is 0. The number of rotatable bonds is 6. The van der Waals surface area contributed by atoms with Crippen LogP contribution in [-0.4, -0.2) is 26.9 Å². The second-order valence-corrected chi connectivity index (χ2v) is 2.28. The van der Waals surface area contributed by atoms with E-state index in [4.69, 9.17) is 9.47 Å². The maximum atomic E-state index is 5.17. The van der Waals surface area contributed by atoms with E-state index < -0.39 is 0 Å². The van der Waals surface area contributed by atoms with Crippen LogP contribution in [0.25, 0.3) is 0 Å². The Morgan fingerprint density at radius 3 is 2.40 bits per heavy atom. The summed E-state index contributed by atoms with van der Waals surface area (Å²) in [6.07, 6.45) is 3.27. The van der Waals surface area contributed by atoms with Gasteiger partial charge >= 0.3 is 0 Å². The van der Waals surface area contributed by atoms with Crippen LogP contribution in [0.15, 0.2) is 0 Å². The lowest BCUT2D eigenvalue weighted by atomic mass is 10.1. The van der Waals surface area contributed by atoms with Gasteiger partial charge in [-0.25, -0.2) is 0 Å². The third-order valence-electron chi connectivity index (χ3n) is 1.50. The summed E-state index contributed by atoms with van der Waals surface area (Å²) >= 11 is 0. The van der Waals surface area contributed by atoms with Crippen LogP contribution in [0.2, 0.25) is 0 Å². The van der Waals surface area contributed by atoms with Crippen molar-refractivity contribution in [3.63, 3.8) is 0 Å². The van der Waals surface area contributed by atoms with Crippen LogP contribution in [0.5, 0.6) is 0 Å². The highest BCUT2D eigenvalue weighted by molar-refractivity contribution is 4.57. The molecule has 1 unspecified atom stereocenters. The van der Waals surface area contributed by atoms with Gasteiger partial charge in [-0.2, -0.15) is 0 Å². The van der Waals surface area contributed by atoms with E-state index in [0.29, 0.717) is 6.10 Å². The van der Waals surface area contributed by atoms with Gasteiger partial charge in [0.15, 0.2) is 0 Å². The molecule has 0 aromatic carbocycles. The van der Waals surface area contributed by atoms with Crippen LogP contribution >= 0.6 is 0 Å². The maximum absolute atomic E-state index is 5.17. The van der Waals surface area contributed by atoms with Gasteiger partial charge in [0.25, 0.3) is 0 Å². The fraction of sp³-hybridized carbons (Fsp3) is 0.875. The first-order valence-electron chi connectivity index (χ1n) is 3.66. The molecule has 1 atom stereocenters. The summed E-state index contributed by atoms with van der Waals surface area (Å²) in [5, 5.41) is 0. The van der Waals surface area contributed by atoms with Crippen molar-refractivity contribution in [3.05, 3.63) is 6.92 Å². The molecule has 61 valence electrons. The zero-order chi connectivity index (χ0) is 7.82. The van der Waals surface area contributed by atoms with Gasteiger partial charge in [-0.3, -0.25) is 0 Å². The smallest absolute Gasteiger partial charge is 0.0593 e. The predicted molar refractivity (Wildman–Crippen MR) is 41.9 cm³/mol. The Morgan fingerprint density at radius 1 is 1.30 bits per heavy atom. The highest BCUT2D eigenvalue weighted by Crippen LogP contribution is 2.04. The van der Waals surface area contributed by atoms with Gasteiger partial charge in [0.1, 0.15) is 0 Å². The van der Waals surface area contributed by atoms with Crippen molar-refractivity contribution in [2.45, 2.75) is 25.4 Å². The van der Waals surface area contributed by atoms with Crippen molar-refractivity contribution in [2.24, 2.45) is 0 Å². The van der Waals surface area contributed by atoms with Crippen molar-refractivity contribution in [2.75, 3.05) is 20.8 Å².